The van der Waals surface area contributed by atoms with E-state index in [2.05, 4.69) is 9.47 Å². The predicted molar refractivity (Wildman–Crippen MR) is 75.3 cm³/mol. The number of nitrogens with zero attached hydrogens (tertiary/aromatic N) is 1. The molecule has 1 fully saturated rings. The van der Waals surface area contributed by atoms with Crippen LogP contribution >= 0.6 is 23.4 Å². The largest absolute Gasteiger partial charge is 0.466 e. The molecule has 0 aromatic rings. The fourth-order valence-electron chi connectivity index (χ4n) is 1.40. The second-order valence-electron chi connectivity index (χ2n) is 4.07. The van der Waals surface area contributed by atoms with E-state index in [9.17, 15) is 19.2 Å². The Morgan fingerprint density at radius 1 is 1.52 bits per heavy atom. The summed E-state index contributed by atoms with van der Waals surface area (Å²) in [6.45, 7) is 0.881. The highest BCUT2D eigenvalue weighted by Gasteiger charge is 2.43. The van der Waals surface area contributed by atoms with Gasteiger partial charge in [0, 0.05) is 6.08 Å². The van der Waals surface area contributed by atoms with Crippen molar-refractivity contribution in [2.75, 3.05) is 13.7 Å². The van der Waals surface area contributed by atoms with Crippen LogP contribution in [0.25, 0.3) is 0 Å². The first kappa shape index (κ1) is 17.5. The van der Waals surface area contributed by atoms with Gasteiger partial charge >= 0.3 is 11.9 Å². The number of amides is 1. The Morgan fingerprint density at radius 2 is 2.19 bits per heavy atom. The number of ketones is 1. The van der Waals surface area contributed by atoms with Crippen LogP contribution in [0.2, 0.25) is 0 Å². The summed E-state index contributed by atoms with van der Waals surface area (Å²) in [7, 11) is 1.25. The maximum Gasteiger partial charge on any atom is 0.345 e. The number of rotatable bonds is 7. The van der Waals surface area contributed by atoms with Crippen molar-refractivity contribution in [2.45, 2.75) is 24.2 Å². The first-order chi connectivity index (χ1) is 9.86. The van der Waals surface area contributed by atoms with Gasteiger partial charge in [0.2, 0.25) is 11.4 Å². The van der Waals surface area contributed by atoms with E-state index in [1.54, 1.807) is 0 Å². The summed E-state index contributed by atoms with van der Waals surface area (Å²) in [5.74, 6) is -2.02. The molecule has 1 saturated heterocycles. The number of hydrogen-bond acceptors (Lipinski definition) is 7. The van der Waals surface area contributed by atoms with E-state index in [-0.39, 0.29) is 30.1 Å². The number of halogens is 1. The molecule has 21 heavy (non-hydrogen) atoms. The molecule has 0 N–H and O–H groups in total. The first-order valence-electron chi connectivity index (χ1n) is 5.88. The van der Waals surface area contributed by atoms with Crippen LogP contribution in [0.5, 0.6) is 0 Å². The van der Waals surface area contributed by atoms with Crippen LogP contribution in [-0.2, 0) is 28.7 Å². The number of alkyl halides is 1. The van der Waals surface area contributed by atoms with E-state index in [4.69, 9.17) is 11.6 Å². The molecule has 1 aliphatic rings. The molecule has 0 aliphatic carbocycles. The van der Waals surface area contributed by atoms with Crippen LogP contribution < -0.4 is 0 Å². The Bertz CT molecular complexity index is 480. The normalized spacial score (nSPS) is 19.1. The van der Waals surface area contributed by atoms with Crippen molar-refractivity contribution >= 4 is 47.0 Å². The number of hydrogen-bond donors (Lipinski definition) is 0. The highest BCUT2D eigenvalue weighted by molar-refractivity contribution is 8.02. The van der Waals surface area contributed by atoms with Gasteiger partial charge in [-0.3, -0.25) is 9.59 Å². The lowest BCUT2D eigenvalue weighted by Gasteiger charge is -2.40. The van der Waals surface area contributed by atoms with Gasteiger partial charge in [0.25, 0.3) is 0 Å². The lowest BCUT2D eigenvalue weighted by Crippen LogP contribution is -2.56. The minimum Gasteiger partial charge on any atom is -0.466 e. The molecule has 1 heterocycles. The summed E-state index contributed by atoms with van der Waals surface area (Å²) < 4.78 is 9.08. The van der Waals surface area contributed by atoms with Crippen LogP contribution in [0, 0.1) is 0 Å². The van der Waals surface area contributed by atoms with Crippen LogP contribution in [-0.4, -0.2) is 53.1 Å². The molecule has 116 valence electrons. The van der Waals surface area contributed by atoms with Crippen molar-refractivity contribution in [3.63, 3.8) is 0 Å². The lowest BCUT2D eigenvalue weighted by atomic mass is 10.2. The molecule has 0 aromatic carbocycles. The Morgan fingerprint density at radius 3 is 2.71 bits per heavy atom. The quantitative estimate of drug-likeness (QED) is 0.222. The number of ether oxygens (including phenoxy) is 2. The molecule has 9 heteroatoms. The van der Waals surface area contributed by atoms with E-state index in [1.807, 2.05) is 0 Å². The summed E-state index contributed by atoms with van der Waals surface area (Å²) >= 11 is 7.02. The topological polar surface area (TPSA) is 90.0 Å². The Kier molecular flexibility index (Phi) is 6.70. The third-order valence-electron chi connectivity index (χ3n) is 2.44. The van der Waals surface area contributed by atoms with Crippen molar-refractivity contribution in [3.05, 3.63) is 11.5 Å². The highest BCUT2D eigenvalue weighted by Crippen LogP contribution is 2.33. The van der Waals surface area contributed by atoms with E-state index < -0.39 is 17.4 Å². The zero-order valence-corrected chi connectivity index (χ0v) is 13.0. The molecule has 1 unspecified atom stereocenters. The maximum atomic E-state index is 11.6. The fourth-order valence-corrected chi connectivity index (χ4v) is 2.75. The number of carbonyl (C=O) groups excluding carboxylic acids is 4. The molecule has 2 atom stereocenters. The molecule has 0 saturated carbocycles. The fraction of sp³-hybridized carbons (Fsp3) is 0.500. The van der Waals surface area contributed by atoms with Gasteiger partial charge in [-0.05, 0) is 12.3 Å². The molecule has 7 nitrogen and oxygen atoms in total. The highest BCUT2D eigenvalue weighted by atomic mass is 35.5. The third kappa shape index (κ3) is 5.05. The number of thioether (sulfide) groups is 1. The lowest BCUT2D eigenvalue weighted by molar-refractivity contribution is -0.158. The van der Waals surface area contributed by atoms with Crippen LogP contribution in [0.3, 0.4) is 0 Å². The van der Waals surface area contributed by atoms with E-state index >= 15 is 0 Å². The SMILES string of the molecule is COC(=O)C=CS[C@H]1CC(=O)N1C(Cl)C(=O)OCC(C)=O. The van der Waals surface area contributed by atoms with Gasteiger partial charge in [-0.15, -0.1) is 11.8 Å². The monoisotopic (exact) mass is 335 g/mol. The molecular weight excluding hydrogens is 322 g/mol. The van der Waals surface area contributed by atoms with Crippen molar-refractivity contribution in [1.82, 2.24) is 4.90 Å². The molecular formula is C12H14ClNO6S. The predicted octanol–water partition coefficient (Wildman–Crippen LogP) is 0.662. The average Bonchev–Trinajstić information content (AvgIpc) is 2.42. The summed E-state index contributed by atoms with van der Waals surface area (Å²) in [6, 6.07) is 0. The molecule has 0 bridgehead atoms. The van der Waals surface area contributed by atoms with E-state index in [0.29, 0.717) is 0 Å². The van der Waals surface area contributed by atoms with Crippen LogP contribution in [0.15, 0.2) is 11.5 Å². The second kappa shape index (κ2) is 8.04. The molecule has 0 radical (unpaired) electrons. The first-order valence-corrected chi connectivity index (χ1v) is 7.26. The molecule has 1 amide bonds. The third-order valence-corrected chi connectivity index (χ3v) is 3.83. The molecule has 0 spiro atoms. The Labute approximate surface area is 130 Å². The van der Waals surface area contributed by atoms with Gasteiger partial charge in [-0.1, -0.05) is 11.6 Å². The van der Waals surface area contributed by atoms with Crippen molar-refractivity contribution in [2.24, 2.45) is 0 Å². The summed E-state index contributed by atoms with van der Waals surface area (Å²) in [5, 5.41) is 1.09. The van der Waals surface area contributed by atoms with Gasteiger partial charge in [0.05, 0.1) is 18.9 Å². The zero-order chi connectivity index (χ0) is 16.0. The average molecular weight is 336 g/mol. The number of methoxy groups -OCH3 is 1. The van der Waals surface area contributed by atoms with Crippen molar-refractivity contribution < 1.29 is 28.7 Å². The number of esters is 2. The second-order valence-corrected chi connectivity index (χ2v) is 5.57. The molecule has 1 rings (SSSR count). The minimum absolute atomic E-state index is 0.194. The minimum atomic E-state index is -1.30. The van der Waals surface area contributed by atoms with Gasteiger partial charge < -0.3 is 14.4 Å². The standard InChI is InChI=1S/C12H14ClNO6S/c1-7(15)6-20-12(18)11(13)14-8(16)5-9(14)21-4-3-10(17)19-2/h3-4,9,11H,5-6H2,1-2H3/t9-,11?/m0/s1. The Balaban J connectivity index is 2.53. The van der Waals surface area contributed by atoms with Crippen LogP contribution in [0.1, 0.15) is 13.3 Å². The van der Waals surface area contributed by atoms with E-state index in [0.717, 1.165) is 16.7 Å². The van der Waals surface area contributed by atoms with Crippen molar-refractivity contribution in [1.29, 1.82) is 0 Å². The smallest absolute Gasteiger partial charge is 0.345 e. The number of Topliss-reactive ketones (excluding diaryl/α,β-unsaturated/α-hetero) is 1. The zero-order valence-electron chi connectivity index (χ0n) is 11.4. The summed E-state index contributed by atoms with van der Waals surface area (Å²) in [5.41, 5.74) is -1.30. The van der Waals surface area contributed by atoms with Gasteiger partial charge in [0.1, 0.15) is 6.61 Å². The van der Waals surface area contributed by atoms with Crippen LogP contribution in [0.4, 0.5) is 0 Å². The number of carbonyl (C=O) groups is 4. The summed E-state index contributed by atoms with van der Waals surface area (Å²) in [4.78, 5) is 45.9. The maximum absolute atomic E-state index is 11.6. The molecule has 0 aromatic heterocycles. The van der Waals surface area contributed by atoms with Gasteiger partial charge in [-0.25, -0.2) is 9.59 Å². The van der Waals surface area contributed by atoms with Crippen molar-refractivity contribution in [3.8, 4) is 0 Å². The number of β-lactam (4-membered cyclic amide) rings is 1. The summed E-state index contributed by atoms with van der Waals surface area (Å²) in [6.07, 6.45) is 1.39. The molecule has 1 aliphatic heterocycles. The van der Waals surface area contributed by atoms with Gasteiger partial charge in [-0.2, -0.15) is 0 Å². The Hall–Kier alpha value is -1.54. The van der Waals surface area contributed by atoms with Gasteiger partial charge in [0.15, 0.2) is 5.78 Å². The number of likely N-dealkylation sites (tertiary alicyclic amines) is 1. The van der Waals surface area contributed by atoms with E-state index in [1.165, 1.54) is 25.5 Å².